The third-order valence-corrected chi connectivity index (χ3v) is 3.80. The Kier molecular flexibility index (Phi) is 7.39. The van der Waals surface area contributed by atoms with E-state index in [1.54, 1.807) is 11.8 Å². The average molecular weight is 357 g/mol. The fraction of sp³-hybridized carbons (Fsp3) is 0.467. The molecule has 0 aliphatic rings. The van der Waals surface area contributed by atoms with Crippen molar-refractivity contribution in [1.29, 1.82) is 0 Å². The molecule has 1 aromatic rings. The first-order chi connectivity index (χ1) is 9.96. The summed E-state index contributed by atoms with van der Waals surface area (Å²) < 4.78 is 5.88. The van der Waals surface area contributed by atoms with Crippen molar-refractivity contribution in [2.75, 3.05) is 31.6 Å². The molecule has 6 heteroatoms. The summed E-state index contributed by atoms with van der Waals surface area (Å²) in [5.41, 5.74) is 1.79. The highest BCUT2D eigenvalue weighted by Gasteiger charge is 2.14. The largest absolute Gasteiger partial charge is 0.465 e. The van der Waals surface area contributed by atoms with Crippen LogP contribution in [0, 0.1) is 6.92 Å². The highest BCUT2D eigenvalue weighted by molar-refractivity contribution is 9.10. The molecule has 0 bridgehead atoms. The molecule has 0 heterocycles. The van der Waals surface area contributed by atoms with Gasteiger partial charge < -0.3 is 10.1 Å². The van der Waals surface area contributed by atoms with Gasteiger partial charge in [0.25, 0.3) is 0 Å². The average Bonchev–Trinajstić information content (AvgIpc) is 2.42. The molecule has 0 atom stereocenters. The first kappa shape index (κ1) is 17.7. The molecule has 21 heavy (non-hydrogen) atoms. The number of likely N-dealkylation sites (N-methyl/N-ethyl adjacent to an activating group) is 1. The van der Waals surface area contributed by atoms with Crippen molar-refractivity contribution >= 4 is 33.5 Å². The van der Waals surface area contributed by atoms with Crippen molar-refractivity contribution in [2.45, 2.75) is 20.8 Å². The number of nitrogens with one attached hydrogen (secondary N) is 1. The summed E-state index contributed by atoms with van der Waals surface area (Å²) in [5.74, 6) is -0.463. The first-order valence-electron chi connectivity index (χ1n) is 6.90. The van der Waals surface area contributed by atoms with E-state index in [9.17, 15) is 9.59 Å². The molecule has 0 aliphatic heterocycles. The summed E-state index contributed by atoms with van der Waals surface area (Å²) in [7, 11) is 0. The summed E-state index contributed by atoms with van der Waals surface area (Å²) in [6.45, 7) is 6.85. The Morgan fingerprint density at radius 3 is 2.57 bits per heavy atom. The fourth-order valence-electron chi connectivity index (χ4n) is 1.79. The van der Waals surface area contributed by atoms with Gasteiger partial charge in [-0.25, -0.2) is 0 Å². The number of benzene rings is 1. The normalized spacial score (nSPS) is 10.5. The van der Waals surface area contributed by atoms with Gasteiger partial charge in [0.15, 0.2) is 0 Å². The molecule has 0 radical (unpaired) electrons. The van der Waals surface area contributed by atoms with Crippen molar-refractivity contribution in [1.82, 2.24) is 4.90 Å². The molecule has 116 valence electrons. The maximum Gasteiger partial charge on any atom is 0.320 e. The van der Waals surface area contributed by atoms with Crippen LogP contribution in [0.2, 0.25) is 0 Å². The number of amides is 1. The van der Waals surface area contributed by atoms with Crippen molar-refractivity contribution in [3.8, 4) is 0 Å². The van der Waals surface area contributed by atoms with E-state index in [1.165, 1.54) is 0 Å². The number of ether oxygens (including phenoxy) is 1. The molecule has 0 fully saturated rings. The van der Waals surface area contributed by atoms with Crippen LogP contribution in [0.4, 0.5) is 5.69 Å². The lowest BCUT2D eigenvalue weighted by Gasteiger charge is -2.18. The quantitative estimate of drug-likeness (QED) is 0.762. The third-order valence-electron chi connectivity index (χ3n) is 2.91. The summed E-state index contributed by atoms with van der Waals surface area (Å²) >= 11 is 3.42. The SMILES string of the molecule is CCOC(=O)CN(CC)CC(=O)Nc1ccc(Br)c(C)c1. The number of hydrogen-bond donors (Lipinski definition) is 1. The zero-order valence-electron chi connectivity index (χ0n) is 12.6. The van der Waals surface area contributed by atoms with E-state index in [-0.39, 0.29) is 25.0 Å². The Morgan fingerprint density at radius 2 is 2.00 bits per heavy atom. The highest BCUT2D eigenvalue weighted by atomic mass is 79.9. The van der Waals surface area contributed by atoms with Gasteiger partial charge in [0.2, 0.25) is 5.91 Å². The standard InChI is InChI=1S/C15H21BrN2O3/c1-4-18(10-15(20)21-5-2)9-14(19)17-12-6-7-13(16)11(3)8-12/h6-8H,4-5,9-10H2,1-3H3,(H,17,19). The summed E-state index contributed by atoms with van der Waals surface area (Å²) in [4.78, 5) is 25.2. The zero-order valence-corrected chi connectivity index (χ0v) is 14.2. The molecule has 1 rings (SSSR count). The molecule has 1 aromatic carbocycles. The minimum Gasteiger partial charge on any atom is -0.465 e. The minimum absolute atomic E-state index is 0.122. The summed E-state index contributed by atoms with van der Waals surface area (Å²) in [6.07, 6.45) is 0. The van der Waals surface area contributed by atoms with Crippen molar-refractivity contribution in [2.24, 2.45) is 0 Å². The first-order valence-corrected chi connectivity index (χ1v) is 7.69. The topological polar surface area (TPSA) is 58.6 Å². The van der Waals surface area contributed by atoms with Crippen LogP contribution < -0.4 is 5.32 Å². The van der Waals surface area contributed by atoms with Crippen LogP contribution in [-0.4, -0.2) is 43.0 Å². The molecule has 0 spiro atoms. The number of hydrogen-bond acceptors (Lipinski definition) is 4. The van der Waals surface area contributed by atoms with E-state index in [0.29, 0.717) is 13.2 Å². The van der Waals surface area contributed by atoms with Crippen LogP contribution >= 0.6 is 15.9 Å². The summed E-state index contributed by atoms with van der Waals surface area (Å²) in [6, 6.07) is 5.61. The van der Waals surface area contributed by atoms with Gasteiger partial charge in [0.05, 0.1) is 19.7 Å². The molecular formula is C15H21BrN2O3. The lowest BCUT2D eigenvalue weighted by Crippen LogP contribution is -2.37. The second kappa shape index (κ2) is 8.79. The number of carbonyl (C=O) groups is 2. The van der Waals surface area contributed by atoms with Gasteiger partial charge in [0.1, 0.15) is 0 Å². The van der Waals surface area contributed by atoms with Crippen LogP contribution in [0.25, 0.3) is 0 Å². The van der Waals surface area contributed by atoms with E-state index in [1.807, 2.05) is 32.0 Å². The van der Waals surface area contributed by atoms with Crippen LogP contribution in [0.5, 0.6) is 0 Å². The van der Waals surface area contributed by atoms with Gasteiger partial charge in [-0.05, 0) is 44.2 Å². The Bertz CT molecular complexity index is 506. The van der Waals surface area contributed by atoms with E-state index in [0.717, 1.165) is 15.7 Å². The van der Waals surface area contributed by atoms with E-state index >= 15 is 0 Å². The second-order valence-corrected chi connectivity index (χ2v) is 5.47. The number of aryl methyl sites for hydroxylation is 1. The molecule has 5 nitrogen and oxygen atoms in total. The molecule has 1 amide bonds. The Labute approximate surface area is 133 Å². The molecule has 0 saturated carbocycles. The van der Waals surface area contributed by atoms with Gasteiger partial charge >= 0.3 is 5.97 Å². The van der Waals surface area contributed by atoms with Gasteiger partial charge in [-0.1, -0.05) is 22.9 Å². The zero-order chi connectivity index (χ0) is 15.8. The van der Waals surface area contributed by atoms with Crippen LogP contribution in [-0.2, 0) is 14.3 Å². The Balaban J connectivity index is 2.54. The maximum atomic E-state index is 12.0. The van der Waals surface area contributed by atoms with Crippen LogP contribution in [0.3, 0.4) is 0 Å². The van der Waals surface area contributed by atoms with Crippen LogP contribution in [0.15, 0.2) is 22.7 Å². The monoisotopic (exact) mass is 356 g/mol. The summed E-state index contributed by atoms with van der Waals surface area (Å²) in [5, 5.41) is 2.83. The van der Waals surface area contributed by atoms with E-state index < -0.39 is 0 Å². The van der Waals surface area contributed by atoms with Crippen molar-refractivity contribution < 1.29 is 14.3 Å². The minimum atomic E-state index is -0.313. The predicted molar refractivity (Wildman–Crippen MR) is 86.3 cm³/mol. The number of esters is 1. The molecule has 0 unspecified atom stereocenters. The fourth-order valence-corrected chi connectivity index (χ4v) is 2.04. The van der Waals surface area contributed by atoms with Gasteiger partial charge in [-0.2, -0.15) is 0 Å². The number of carbonyl (C=O) groups excluding carboxylic acids is 2. The Hall–Kier alpha value is -1.40. The number of rotatable bonds is 7. The molecule has 1 N–H and O–H groups in total. The molecule has 0 aliphatic carbocycles. The Morgan fingerprint density at radius 1 is 1.29 bits per heavy atom. The van der Waals surface area contributed by atoms with E-state index in [4.69, 9.17) is 4.74 Å². The number of nitrogens with zero attached hydrogens (tertiary/aromatic N) is 1. The van der Waals surface area contributed by atoms with Crippen LogP contribution in [0.1, 0.15) is 19.4 Å². The molecule has 0 saturated heterocycles. The lowest BCUT2D eigenvalue weighted by atomic mass is 10.2. The molecule has 0 aromatic heterocycles. The van der Waals surface area contributed by atoms with Gasteiger partial charge in [0, 0.05) is 10.2 Å². The lowest BCUT2D eigenvalue weighted by molar-refractivity contribution is -0.144. The van der Waals surface area contributed by atoms with Gasteiger partial charge in [-0.15, -0.1) is 0 Å². The third kappa shape index (κ3) is 6.27. The maximum absolute atomic E-state index is 12.0. The molecular weight excluding hydrogens is 336 g/mol. The van der Waals surface area contributed by atoms with Gasteiger partial charge in [-0.3, -0.25) is 14.5 Å². The number of halogens is 1. The number of anilines is 1. The van der Waals surface area contributed by atoms with E-state index in [2.05, 4.69) is 21.2 Å². The second-order valence-electron chi connectivity index (χ2n) is 4.62. The van der Waals surface area contributed by atoms with Crippen molar-refractivity contribution in [3.63, 3.8) is 0 Å². The highest BCUT2D eigenvalue weighted by Crippen LogP contribution is 2.19. The smallest absolute Gasteiger partial charge is 0.320 e. The predicted octanol–water partition coefficient (Wildman–Crippen LogP) is 2.58. The van der Waals surface area contributed by atoms with Crippen molar-refractivity contribution in [3.05, 3.63) is 28.2 Å².